The van der Waals surface area contributed by atoms with Crippen LogP contribution < -0.4 is 0 Å². The summed E-state index contributed by atoms with van der Waals surface area (Å²) in [5.74, 6) is 1.84. The fourth-order valence-corrected chi connectivity index (χ4v) is 2.79. The first kappa shape index (κ1) is 12.8. The van der Waals surface area contributed by atoms with Crippen molar-refractivity contribution in [3.05, 3.63) is 78.8 Å². The number of aromatic nitrogens is 3. The summed E-state index contributed by atoms with van der Waals surface area (Å²) in [7, 11) is 0. The van der Waals surface area contributed by atoms with E-state index in [0.29, 0.717) is 0 Å². The SMILES string of the molecule is Cc1nc2cc(-c3ccccc3)ccc2n1-c1ccccn1. The van der Waals surface area contributed by atoms with Gasteiger partial charge in [0, 0.05) is 6.20 Å². The Morgan fingerprint density at radius 2 is 1.64 bits per heavy atom. The minimum atomic E-state index is 0.898. The first-order valence-corrected chi connectivity index (χ1v) is 7.29. The van der Waals surface area contributed by atoms with Crippen LogP contribution in [0, 0.1) is 6.92 Å². The maximum Gasteiger partial charge on any atom is 0.138 e. The molecule has 0 radical (unpaired) electrons. The van der Waals surface area contributed by atoms with Crippen molar-refractivity contribution < 1.29 is 0 Å². The van der Waals surface area contributed by atoms with Crippen molar-refractivity contribution in [1.82, 2.24) is 14.5 Å². The third-order valence-electron chi connectivity index (χ3n) is 3.81. The van der Waals surface area contributed by atoms with E-state index in [9.17, 15) is 0 Å². The summed E-state index contributed by atoms with van der Waals surface area (Å²) in [6.45, 7) is 2.01. The largest absolute Gasteiger partial charge is 0.281 e. The summed E-state index contributed by atoms with van der Waals surface area (Å²) in [4.78, 5) is 9.13. The zero-order chi connectivity index (χ0) is 14.9. The molecule has 0 amide bonds. The lowest BCUT2D eigenvalue weighted by Crippen LogP contribution is -1.98. The second kappa shape index (κ2) is 5.11. The van der Waals surface area contributed by atoms with Gasteiger partial charge in [-0.3, -0.25) is 4.57 Å². The molecule has 0 spiro atoms. The molecule has 22 heavy (non-hydrogen) atoms. The van der Waals surface area contributed by atoms with E-state index in [1.807, 2.05) is 31.2 Å². The minimum Gasteiger partial charge on any atom is -0.281 e. The van der Waals surface area contributed by atoms with Gasteiger partial charge in [-0.15, -0.1) is 0 Å². The second-order valence-electron chi connectivity index (χ2n) is 5.25. The van der Waals surface area contributed by atoms with E-state index in [0.717, 1.165) is 22.7 Å². The van der Waals surface area contributed by atoms with Crippen LogP contribution >= 0.6 is 0 Å². The van der Waals surface area contributed by atoms with Gasteiger partial charge in [0.05, 0.1) is 11.0 Å². The third-order valence-corrected chi connectivity index (χ3v) is 3.81. The van der Waals surface area contributed by atoms with E-state index in [4.69, 9.17) is 4.98 Å². The van der Waals surface area contributed by atoms with Gasteiger partial charge < -0.3 is 0 Å². The second-order valence-corrected chi connectivity index (χ2v) is 5.25. The number of hydrogen-bond acceptors (Lipinski definition) is 2. The standard InChI is InChI=1S/C19H15N3/c1-14-21-17-13-16(15-7-3-2-4-8-15)10-11-18(17)22(14)19-9-5-6-12-20-19/h2-13H,1H3. The summed E-state index contributed by atoms with van der Waals surface area (Å²) in [5, 5.41) is 0. The summed E-state index contributed by atoms with van der Waals surface area (Å²) >= 11 is 0. The van der Waals surface area contributed by atoms with Crippen molar-refractivity contribution in [1.29, 1.82) is 0 Å². The number of imidazole rings is 1. The number of rotatable bonds is 2. The quantitative estimate of drug-likeness (QED) is 0.546. The highest BCUT2D eigenvalue weighted by Gasteiger charge is 2.10. The third kappa shape index (κ3) is 2.07. The molecule has 0 atom stereocenters. The Balaban J connectivity index is 1.90. The van der Waals surface area contributed by atoms with Crippen molar-refractivity contribution in [3.8, 4) is 16.9 Å². The monoisotopic (exact) mass is 285 g/mol. The molecule has 106 valence electrons. The number of fused-ring (bicyclic) bond motifs is 1. The van der Waals surface area contributed by atoms with Crippen molar-refractivity contribution in [3.63, 3.8) is 0 Å². The molecule has 3 heteroatoms. The summed E-state index contributed by atoms with van der Waals surface area (Å²) in [6, 6.07) is 22.7. The first-order chi connectivity index (χ1) is 10.8. The molecule has 2 aromatic heterocycles. The number of benzene rings is 2. The number of pyridine rings is 1. The molecule has 0 N–H and O–H groups in total. The van der Waals surface area contributed by atoms with Crippen molar-refractivity contribution in [2.45, 2.75) is 6.92 Å². The van der Waals surface area contributed by atoms with E-state index in [1.165, 1.54) is 11.1 Å². The number of aryl methyl sites for hydroxylation is 1. The molecule has 0 saturated carbocycles. The summed E-state index contributed by atoms with van der Waals surface area (Å²) in [5.41, 5.74) is 4.45. The lowest BCUT2D eigenvalue weighted by molar-refractivity contribution is 0.957. The van der Waals surface area contributed by atoms with Gasteiger partial charge in [0.15, 0.2) is 0 Å². The molecule has 3 nitrogen and oxygen atoms in total. The highest BCUT2D eigenvalue weighted by molar-refractivity contribution is 5.83. The number of nitrogens with zero attached hydrogens (tertiary/aromatic N) is 3. The molecular formula is C19H15N3. The van der Waals surface area contributed by atoms with Crippen LogP contribution in [0.1, 0.15) is 5.82 Å². The van der Waals surface area contributed by atoms with E-state index < -0.39 is 0 Å². The Hall–Kier alpha value is -2.94. The Labute approximate surface area is 128 Å². The van der Waals surface area contributed by atoms with Crippen molar-refractivity contribution in [2.75, 3.05) is 0 Å². The van der Waals surface area contributed by atoms with Crippen LogP contribution in [0.15, 0.2) is 72.9 Å². The van der Waals surface area contributed by atoms with Gasteiger partial charge in [0.25, 0.3) is 0 Å². The van der Waals surface area contributed by atoms with Crippen LogP contribution in [0.2, 0.25) is 0 Å². The maximum absolute atomic E-state index is 4.70. The average molecular weight is 285 g/mol. The minimum absolute atomic E-state index is 0.898. The molecule has 4 aromatic rings. The van der Waals surface area contributed by atoms with Gasteiger partial charge in [-0.25, -0.2) is 9.97 Å². The van der Waals surface area contributed by atoms with Gasteiger partial charge in [-0.1, -0.05) is 42.5 Å². The van der Waals surface area contributed by atoms with Gasteiger partial charge in [0.2, 0.25) is 0 Å². The van der Waals surface area contributed by atoms with Gasteiger partial charge in [-0.05, 0) is 42.3 Å². The summed E-state index contributed by atoms with van der Waals surface area (Å²) in [6.07, 6.45) is 1.80. The van der Waals surface area contributed by atoms with E-state index >= 15 is 0 Å². The van der Waals surface area contributed by atoms with Gasteiger partial charge in [0.1, 0.15) is 11.6 Å². The predicted octanol–water partition coefficient (Wildman–Crippen LogP) is 4.40. The molecule has 0 bridgehead atoms. The predicted molar refractivity (Wildman–Crippen MR) is 89.0 cm³/mol. The Bertz CT molecular complexity index is 925. The zero-order valence-corrected chi connectivity index (χ0v) is 12.3. The van der Waals surface area contributed by atoms with Crippen LogP contribution in [0.25, 0.3) is 28.0 Å². The Morgan fingerprint density at radius 3 is 2.41 bits per heavy atom. The molecule has 0 fully saturated rings. The molecule has 0 aliphatic heterocycles. The van der Waals surface area contributed by atoms with E-state index in [2.05, 4.69) is 52.0 Å². The lowest BCUT2D eigenvalue weighted by Gasteiger charge is -2.06. The summed E-state index contributed by atoms with van der Waals surface area (Å²) < 4.78 is 2.09. The topological polar surface area (TPSA) is 30.7 Å². The molecule has 0 unspecified atom stereocenters. The van der Waals surface area contributed by atoms with Crippen LogP contribution in [-0.4, -0.2) is 14.5 Å². The molecule has 0 saturated heterocycles. The van der Waals surface area contributed by atoms with Crippen molar-refractivity contribution in [2.24, 2.45) is 0 Å². The van der Waals surface area contributed by atoms with Gasteiger partial charge >= 0.3 is 0 Å². The lowest BCUT2D eigenvalue weighted by atomic mass is 10.1. The Morgan fingerprint density at radius 1 is 0.818 bits per heavy atom. The normalized spacial score (nSPS) is 11.0. The van der Waals surface area contributed by atoms with Crippen LogP contribution in [-0.2, 0) is 0 Å². The highest BCUT2D eigenvalue weighted by atomic mass is 15.1. The Kier molecular flexibility index (Phi) is 2.97. The zero-order valence-electron chi connectivity index (χ0n) is 12.3. The van der Waals surface area contributed by atoms with Crippen LogP contribution in [0.4, 0.5) is 0 Å². The maximum atomic E-state index is 4.70. The van der Waals surface area contributed by atoms with Crippen molar-refractivity contribution >= 4 is 11.0 Å². The van der Waals surface area contributed by atoms with Gasteiger partial charge in [-0.2, -0.15) is 0 Å². The fraction of sp³-hybridized carbons (Fsp3) is 0.0526. The molecule has 0 aliphatic carbocycles. The van der Waals surface area contributed by atoms with E-state index in [1.54, 1.807) is 6.20 Å². The smallest absolute Gasteiger partial charge is 0.138 e. The molecular weight excluding hydrogens is 270 g/mol. The van der Waals surface area contributed by atoms with E-state index in [-0.39, 0.29) is 0 Å². The van der Waals surface area contributed by atoms with Crippen LogP contribution in [0.5, 0.6) is 0 Å². The molecule has 2 heterocycles. The van der Waals surface area contributed by atoms with Crippen LogP contribution in [0.3, 0.4) is 0 Å². The molecule has 0 aliphatic rings. The number of hydrogen-bond donors (Lipinski definition) is 0. The highest BCUT2D eigenvalue weighted by Crippen LogP contribution is 2.26. The average Bonchev–Trinajstić information content (AvgIpc) is 2.91. The first-order valence-electron chi connectivity index (χ1n) is 7.29. The molecule has 2 aromatic carbocycles. The molecule has 4 rings (SSSR count). The fourth-order valence-electron chi connectivity index (χ4n) is 2.79.